The first-order valence-electron chi connectivity index (χ1n) is 11.2. The Morgan fingerprint density at radius 1 is 0.857 bits per heavy atom. The van der Waals surface area contributed by atoms with Crippen LogP contribution in [0.4, 0.5) is 9.18 Å². The number of hydrogen-bond acceptors (Lipinski definition) is 5. The minimum atomic E-state index is -1.26. The summed E-state index contributed by atoms with van der Waals surface area (Å²) in [5.74, 6) is -2.15. The molecule has 0 atom stereocenters. The second-order valence-electron chi connectivity index (χ2n) is 8.14. The van der Waals surface area contributed by atoms with Crippen molar-refractivity contribution < 1.29 is 33.7 Å². The van der Waals surface area contributed by atoms with Crippen LogP contribution in [0.15, 0.2) is 66.7 Å². The van der Waals surface area contributed by atoms with Gasteiger partial charge in [0.1, 0.15) is 17.7 Å². The molecule has 2 aromatic rings. The van der Waals surface area contributed by atoms with Crippen molar-refractivity contribution in [2.75, 3.05) is 39.3 Å². The first kappa shape index (κ1) is 25.7. The van der Waals surface area contributed by atoms with E-state index in [1.165, 1.54) is 17.7 Å². The summed E-state index contributed by atoms with van der Waals surface area (Å²) in [6.45, 7) is 5.40. The summed E-state index contributed by atoms with van der Waals surface area (Å²) in [6, 6.07) is 16.5. The summed E-state index contributed by atoms with van der Waals surface area (Å²) in [7, 11) is 0. The zero-order valence-electron chi connectivity index (χ0n) is 19.1. The average molecular weight is 486 g/mol. The predicted molar refractivity (Wildman–Crippen MR) is 125 cm³/mol. The minimum absolute atomic E-state index is 0.0150. The van der Waals surface area contributed by atoms with Gasteiger partial charge in [-0.05, 0) is 29.8 Å². The Hall–Kier alpha value is -3.92. The predicted octanol–water partition coefficient (Wildman–Crippen LogP) is 2.54. The zero-order valence-corrected chi connectivity index (χ0v) is 19.1. The molecule has 2 aliphatic rings. The number of carbonyl (C=O) groups excluding carboxylic acids is 1. The molecule has 2 heterocycles. The van der Waals surface area contributed by atoms with Crippen LogP contribution in [-0.2, 0) is 16.1 Å². The van der Waals surface area contributed by atoms with E-state index in [4.69, 9.17) is 14.9 Å². The number of halogens is 1. The third-order valence-electron chi connectivity index (χ3n) is 5.50. The number of piperazine rings is 1. The van der Waals surface area contributed by atoms with Crippen molar-refractivity contribution in [1.29, 1.82) is 0 Å². The molecule has 2 aliphatic heterocycles. The molecule has 0 unspecified atom stereocenters. The molecule has 35 heavy (non-hydrogen) atoms. The third kappa shape index (κ3) is 8.42. The van der Waals surface area contributed by atoms with Crippen molar-refractivity contribution in [2.45, 2.75) is 12.6 Å². The Kier molecular flexibility index (Phi) is 9.19. The normalized spacial score (nSPS) is 16.3. The highest BCUT2D eigenvalue weighted by Crippen LogP contribution is 2.20. The lowest BCUT2D eigenvalue weighted by Gasteiger charge is -2.43. The van der Waals surface area contributed by atoms with Crippen LogP contribution in [0.2, 0.25) is 0 Å². The first-order chi connectivity index (χ1) is 16.8. The maximum atomic E-state index is 12.9. The first-order valence-corrected chi connectivity index (χ1v) is 11.2. The summed E-state index contributed by atoms with van der Waals surface area (Å²) in [5, 5.41) is 15.6. The average Bonchev–Trinajstić information content (AvgIpc) is 2.82. The van der Waals surface area contributed by atoms with Gasteiger partial charge in [0.05, 0.1) is 13.1 Å². The van der Waals surface area contributed by atoms with Gasteiger partial charge in [0.2, 0.25) is 0 Å². The van der Waals surface area contributed by atoms with Crippen molar-refractivity contribution in [3.05, 3.63) is 78.1 Å². The zero-order chi connectivity index (χ0) is 25.2. The van der Waals surface area contributed by atoms with E-state index in [0.717, 1.165) is 32.7 Å². The third-order valence-corrected chi connectivity index (χ3v) is 5.50. The van der Waals surface area contributed by atoms with Gasteiger partial charge in [-0.2, -0.15) is 0 Å². The van der Waals surface area contributed by atoms with Gasteiger partial charge in [0.25, 0.3) is 0 Å². The highest BCUT2D eigenvalue weighted by Gasteiger charge is 2.35. The minimum Gasteiger partial charge on any atom is -0.487 e. The van der Waals surface area contributed by atoms with Crippen LogP contribution in [-0.4, -0.2) is 88.3 Å². The Bertz CT molecular complexity index is 1000. The van der Waals surface area contributed by atoms with Crippen LogP contribution in [0.5, 0.6) is 5.75 Å². The quantitative estimate of drug-likeness (QED) is 0.605. The number of carboxylic acid groups (broad SMARTS) is 2. The van der Waals surface area contributed by atoms with Crippen LogP contribution in [0, 0.1) is 5.82 Å². The molecule has 186 valence electrons. The molecule has 4 rings (SSSR count). The largest absolute Gasteiger partial charge is 0.487 e. The van der Waals surface area contributed by atoms with Gasteiger partial charge in [0.15, 0.2) is 0 Å². The van der Waals surface area contributed by atoms with Crippen molar-refractivity contribution in [1.82, 2.24) is 14.7 Å². The van der Waals surface area contributed by atoms with Crippen molar-refractivity contribution in [2.24, 2.45) is 0 Å². The molecule has 9 nitrogen and oxygen atoms in total. The molecule has 2 aromatic carbocycles. The lowest BCUT2D eigenvalue weighted by atomic mass is 10.1. The molecule has 0 aliphatic carbocycles. The highest BCUT2D eigenvalue weighted by molar-refractivity contribution is 5.89. The van der Waals surface area contributed by atoms with Crippen LogP contribution in [0.3, 0.4) is 0 Å². The molecule has 0 radical (unpaired) electrons. The fourth-order valence-corrected chi connectivity index (χ4v) is 3.66. The van der Waals surface area contributed by atoms with Crippen LogP contribution in [0.25, 0.3) is 0 Å². The Balaban J connectivity index is 0.000000371. The second kappa shape index (κ2) is 12.5. The van der Waals surface area contributed by atoms with Gasteiger partial charge >= 0.3 is 18.0 Å². The summed E-state index contributed by atoms with van der Waals surface area (Å²) in [5.41, 5.74) is 1.31. The van der Waals surface area contributed by atoms with Gasteiger partial charge < -0.3 is 24.7 Å². The number of likely N-dealkylation sites (tertiary alicyclic amines) is 1. The monoisotopic (exact) mass is 485 g/mol. The molecule has 2 fully saturated rings. The van der Waals surface area contributed by atoms with Crippen molar-refractivity contribution in [3.63, 3.8) is 0 Å². The maximum Gasteiger partial charge on any atom is 0.328 e. The van der Waals surface area contributed by atoms with Crippen LogP contribution in [0.1, 0.15) is 5.56 Å². The topological polar surface area (TPSA) is 111 Å². The molecule has 0 saturated carbocycles. The number of benzene rings is 2. The molecule has 0 aromatic heterocycles. The number of nitrogens with zero attached hydrogens (tertiary/aromatic N) is 3. The number of hydrogen-bond donors (Lipinski definition) is 2. The summed E-state index contributed by atoms with van der Waals surface area (Å²) in [4.78, 5) is 37.9. The number of carboxylic acids is 2. The van der Waals surface area contributed by atoms with E-state index in [-0.39, 0.29) is 18.0 Å². The molecule has 0 bridgehead atoms. The molecule has 2 N–H and O–H groups in total. The number of amides is 2. The second-order valence-corrected chi connectivity index (χ2v) is 8.14. The number of rotatable bonds is 6. The highest BCUT2D eigenvalue weighted by atomic mass is 19.1. The van der Waals surface area contributed by atoms with Gasteiger partial charge in [-0.15, -0.1) is 0 Å². The fraction of sp³-hybridized carbons (Fsp3) is 0.320. The maximum absolute atomic E-state index is 12.9. The smallest absolute Gasteiger partial charge is 0.328 e. The van der Waals surface area contributed by atoms with E-state index in [9.17, 15) is 18.8 Å². The molecule has 2 amide bonds. The Morgan fingerprint density at radius 2 is 1.43 bits per heavy atom. The molecule has 2 saturated heterocycles. The van der Waals surface area contributed by atoms with E-state index in [1.54, 1.807) is 12.1 Å². The van der Waals surface area contributed by atoms with E-state index in [0.29, 0.717) is 31.0 Å². The molecule has 10 heteroatoms. The van der Waals surface area contributed by atoms with Crippen LogP contribution >= 0.6 is 0 Å². The Labute approximate surface area is 202 Å². The lowest BCUT2D eigenvalue weighted by Crippen LogP contribution is -2.61. The fourth-order valence-electron chi connectivity index (χ4n) is 3.66. The number of ether oxygens (including phenoxy) is 1. The van der Waals surface area contributed by atoms with Crippen molar-refractivity contribution >= 4 is 18.0 Å². The summed E-state index contributed by atoms with van der Waals surface area (Å²) >= 11 is 0. The van der Waals surface area contributed by atoms with Gasteiger partial charge in [0, 0.05) is 44.9 Å². The number of aliphatic carboxylic acids is 2. The van der Waals surface area contributed by atoms with Gasteiger partial charge in [-0.25, -0.2) is 18.8 Å². The Morgan fingerprint density at radius 3 is 1.97 bits per heavy atom. The number of urea groups is 1. The van der Waals surface area contributed by atoms with Crippen LogP contribution < -0.4 is 4.74 Å². The lowest BCUT2D eigenvalue weighted by molar-refractivity contribution is -0.134. The van der Waals surface area contributed by atoms with Gasteiger partial charge in [-0.3, -0.25) is 4.90 Å². The molecule has 0 spiro atoms. The summed E-state index contributed by atoms with van der Waals surface area (Å²) < 4.78 is 18.7. The molecular weight excluding hydrogens is 457 g/mol. The SMILES string of the molecule is O=C(N1CCN(Cc2ccccc2)CC1)N1CC(Oc2ccc(F)cc2)C1.O=C(O)C=CC(=O)O. The van der Waals surface area contributed by atoms with E-state index in [1.807, 2.05) is 15.9 Å². The summed E-state index contributed by atoms with van der Waals surface area (Å²) in [6.07, 6.45) is 1.10. The standard InChI is InChI=1S/C21H24FN3O2.C4H4O4/c22-18-6-8-19(9-7-18)27-20-15-25(16-20)21(26)24-12-10-23(11-13-24)14-17-4-2-1-3-5-17;5-3(6)1-2-4(7)8/h1-9,20H,10-16H2;1-2H,(H,5,6)(H,7,8). The van der Waals surface area contributed by atoms with E-state index in [2.05, 4.69) is 29.2 Å². The van der Waals surface area contributed by atoms with Crippen molar-refractivity contribution in [3.8, 4) is 5.75 Å². The molecular formula is C25H28FN3O6. The van der Waals surface area contributed by atoms with E-state index < -0.39 is 11.9 Å². The van der Waals surface area contributed by atoms with Gasteiger partial charge in [-0.1, -0.05) is 30.3 Å². The number of carbonyl (C=O) groups is 3. The van der Waals surface area contributed by atoms with E-state index >= 15 is 0 Å².